The molecule has 0 aromatic rings. The highest BCUT2D eigenvalue weighted by Gasteiger charge is 2.35. The van der Waals surface area contributed by atoms with E-state index in [1.807, 2.05) is 4.90 Å². The van der Waals surface area contributed by atoms with E-state index in [0.717, 1.165) is 12.8 Å². The quantitative estimate of drug-likeness (QED) is 0.620. The Balaban J connectivity index is 2.56. The SMILES string of the molecule is C#CCN(CC(=O)O)C(COC)C1CC1. The lowest BCUT2D eigenvalue weighted by Gasteiger charge is -2.28. The molecule has 1 rings (SSSR count). The molecule has 0 radical (unpaired) electrons. The molecule has 1 saturated carbocycles. The van der Waals surface area contributed by atoms with Gasteiger partial charge in [0.2, 0.25) is 0 Å². The summed E-state index contributed by atoms with van der Waals surface area (Å²) in [5.74, 6) is 2.21. The van der Waals surface area contributed by atoms with Gasteiger partial charge in [0, 0.05) is 13.2 Å². The maximum atomic E-state index is 10.7. The van der Waals surface area contributed by atoms with Crippen LogP contribution < -0.4 is 0 Å². The third-order valence-electron chi connectivity index (χ3n) is 2.61. The van der Waals surface area contributed by atoms with Gasteiger partial charge in [0.1, 0.15) is 0 Å². The number of terminal acetylenes is 1. The second-order valence-corrected chi connectivity index (χ2v) is 3.86. The highest BCUT2D eigenvalue weighted by Crippen LogP contribution is 2.35. The van der Waals surface area contributed by atoms with E-state index in [9.17, 15) is 4.79 Å². The number of methoxy groups -OCH3 is 1. The number of carboxylic acids is 1. The van der Waals surface area contributed by atoms with Crippen LogP contribution in [0.15, 0.2) is 0 Å². The topological polar surface area (TPSA) is 49.8 Å². The minimum atomic E-state index is -0.841. The van der Waals surface area contributed by atoms with Crippen molar-refractivity contribution in [2.24, 2.45) is 5.92 Å². The highest BCUT2D eigenvalue weighted by molar-refractivity contribution is 5.69. The molecule has 0 aromatic heterocycles. The van der Waals surface area contributed by atoms with Crippen LogP contribution in [0.1, 0.15) is 12.8 Å². The van der Waals surface area contributed by atoms with Gasteiger partial charge >= 0.3 is 5.97 Å². The Morgan fingerprint density at radius 1 is 1.73 bits per heavy atom. The molecule has 15 heavy (non-hydrogen) atoms. The van der Waals surface area contributed by atoms with Gasteiger partial charge in [0.05, 0.1) is 19.7 Å². The molecular weight excluding hydrogens is 194 g/mol. The van der Waals surface area contributed by atoms with Crippen molar-refractivity contribution in [3.8, 4) is 12.3 Å². The summed E-state index contributed by atoms with van der Waals surface area (Å²) in [5.41, 5.74) is 0. The van der Waals surface area contributed by atoms with E-state index in [2.05, 4.69) is 5.92 Å². The van der Waals surface area contributed by atoms with Gasteiger partial charge in [0.15, 0.2) is 0 Å². The van der Waals surface area contributed by atoms with Gasteiger partial charge < -0.3 is 9.84 Å². The summed E-state index contributed by atoms with van der Waals surface area (Å²) in [5, 5.41) is 8.78. The number of nitrogens with zero attached hydrogens (tertiary/aromatic N) is 1. The van der Waals surface area contributed by atoms with E-state index in [1.54, 1.807) is 7.11 Å². The smallest absolute Gasteiger partial charge is 0.317 e. The number of hydrogen-bond acceptors (Lipinski definition) is 3. The van der Waals surface area contributed by atoms with Crippen molar-refractivity contribution in [3.63, 3.8) is 0 Å². The molecule has 4 nitrogen and oxygen atoms in total. The normalized spacial score (nSPS) is 17.4. The van der Waals surface area contributed by atoms with E-state index >= 15 is 0 Å². The molecule has 0 aliphatic heterocycles. The van der Waals surface area contributed by atoms with Gasteiger partial charge in [-0.15, -0.1) is 6.42 Å². The van der Waals surface area contributed by atoms with Crippen molar-refractivity contribution in [1.29, 1.82) is 0 Å². The molecule has 1 unspecified atom stereocenters. The largest absolute Gasteiger partial charge is 0.480 e. The molecule has 0 heterocycles. The number of carboxylic acid groups (broad SMARTS) is 1. The molecule has 0 spiro atoms. The lowest BCUT2D eigenvalue weighted by Crippen LogP contribution is -2.43. The minimum Gasteiger partial charge on any atom is -0.480 e. The number of aliphatic carboxylic acids is 1. The van der Waals surface area contributed by atoms with E-state index in [0.29, 0.717) is 19.1 Å². The molecule has 84 valence electrons. The van der Waals surface area contributed by atoms with E-state index < -0.39 is 5.97 Å². The fourth-order valence-electron chi connectivity index (χ4n) is 1.77. The molecule has 4 heteroatoms. The molecule has 1 atom stereocenters. The van der Waals surface area contributed by atoms with Crippen LogP contribution in [0.3, 0.4) is 0 Å². The Hall–Kier alpha value is -1.05. The molecule has 1 aliphatic rings. The van der Waals surface area contributed by atoms with Crippen LogP contribution >= 0.6 is 0 Å². The number of rotatable bonds is 7. The van der Waals surface area contributed by atoms with Gasteiger partial charge in [-0.05, 0) is 18.8 Å². The fourth-order valence-corrected chi connectivity index (χ4v) is 1.77. The average Bonchev–Trinajstić information content (AvgIpc) is 2.96. The van der Waals surface area contributed by atoms with Crippen LogP contribution in [-0.4, -0.2) is 48.8 Å². The summed E-state index contributed by atoms with van der Waals surface area (Å²) in [7, 11) is 1.63. The molecule has 0 aromatic carbocycles. The zero-order chi connectivity index (χ0) is 11.3. The highest BCUT2D eigenvalue weighted by atomic mass is 16.5. The van der Waals surface area contributed by atoms with Crippen LogP contribution in [0.25, 0.3) is 0 Å². The van der Waals surface area contributed by atoms with E-state index in [1.165, 1.54) is 0 Å². The second kappa shape index (κ2) is 5.74. The lowest BCUT2D eigenvalue weighted by atomic mass is 10.1. The van der Waals surface area contributed by atoms with Gasteiger partial charge in [-0.3, -0.25) is 9.69 Å². The van der Waals surface area contributed by atoms with Crippen LogP contribution in [0.4, 0.5) is 0 Å². The summed E-state index contributed by atoms with van der Waals surface area (Å²) in [6.45, 7) is 0.922. The van der Waals surface area contributed by atoms with E-state index in [4.69, 9.17) is 16.3 Å². The minimum absolute atomic E-state index is 0.00523. The number of carbonyl (C=O) groups is 1. The first-order valence-corrected chi connectivity index (χ1v) is 5.07. The van der Waals surface area contributed by atoms with Crippen LogP contribution in [0.5, 0.6) is 0 Å². The third kappa shape index (κ3) is 3.90. The molecule has 0 amide bonds. The molecular formula is C11H17NO3. The van der Waals surface area contributed by atoms with Crippen molar-refractivity contribution in [2.75, 3.05) is 26.8 Å². The summed E-state index contributed by atoms with van der Waals surface area (Å²) in [4.78, 5) is 12.5. The Labute approximate surface area is 90.2 Å². The fraction of sp³-hybridized carbons (Fsp3) is 0.727. The Morgan fingerprint density at radius 2 is 2.40 bits per heavy atom. The van der Waals surface area contributed by atoms with Crippen LogP contribution in [0.2, 0.25) is 0 Å². The Bertz CT molecular complexity index is 255. The third-order valence-corrected chi connectivity index (χ3v) is 2.61. The van der Waals surface area contributed by atoms with E-state index in [-0.39, 0.29) is 12.6 Å². The monoisotopic (exact) mass is 211 g/mol. The maximum Gasteiger partial charge on any atom is 0.317 e. The number of ether oxygens (including phenoxy) is 1. The predicted octanol–water partition coefficient (Wildman–Crippen LogP) is 0.431. The average molecular weight is 211 g/mol. The standard InChI is InChI=1S/C11H17NO3/c1-3-6-12(7-11(13)14)10(8-15-2)9-4-5-9/h1,9-10H,4-8H2,2H3,(H,13,14). The molecule has 1 aliphatic carbocycles. The summed E-state index contributed by atoms with van der Waals surface area (Å²) in [6.07, 6.45) is 7.53. The maximum absolute atomic E-state index is 10.7. The van der Waals surface area contributed by atoms with Gasteiger partial charge in [0.25, 0.3) is 0 Å². The summed E-state index contributed by atoms with van der Waals surface area (Å²) >= 11 is 0. The molecule has 0 bridgehead atoms. The van der Waals surface area contributed by atoms with Gasteiger partial charge in [-0.2, -0.15) is 0 Å². The summed E-state index contributed by atoms with van der Waals surface area (Å²) in [6, 6.07) is 0.155. The molecule has 0 saturated heterocycles. The number of hydrogen-bond donors (Lipinski definition) is 1. The zero-order valence-electron chi connectivity index (χ0n) is 8.98. The second-order valence-electron chi connectivity index (χ2n) is 3.86. The van der Waals surface area contributed by atoms with Crippen molar-refractivity contribution >= 4 is 5.97 Å². The Kier molecular flexibility index (Phi) is 4.60. The first-order valence-electron chi connectivity index (χ1n) is 5.07. The van der Waals surface area contributed by atoms with Crippen LogP contribution in [0, 0.1) is 18.3 Å². The first-order chi connectivity index (χ1) is 7.19. The van der Waals surface area contributed by atoms with Crippen molar-refractivity contribution in [1.82, 2.24) is 4.90 Å². The lowest BCUT2D eigenvalue weighted by molar-refractivity contribution is -0.139. The zero-order valence-corrected chi connectivity index (χ0v) is 8.98. The van der Waals surface area contributed by atoms with Crippen molar-refractivity contribution < 1.29 is 14.6 Å². The first kappa shape index (κ1) is 12.0. The van der Waals surface area contributed by atoms with Gasteiger partial charge in [-0.1, -0.05) is 5.92 Å². The Morgan fingerprint density at radius 3 is 2.80 bits per heavy atom. The van der Waals surface area contributed by atoms with Crippen molar-refractivity contribution in [2.45, 2.75) is 18.9 Å². The van der Waals surface area contributed by atoms with Crippen molar-refractivity contribution in [3.05, 3.63) is 0 Å². The van der Waals surface area contributed by atoms with Crippen LogP contribution in [-0.2, 0) is 9.53 Å². The molecule has 1 fully saturated rings. The summed E-state index contributed by atoms with van der Waals surface area (Å²) < 4.78 is 5.11. The molecule has 1 N–H and O–H groups in total. The van der Waals surface area contributed by atoms with Gasteiger partial charge in [-0.25, -0.2) is 0 Å². The predicted molar refractivity (Wildman–Crippen MR) is 56.4 cm³/mol.